The number of aliphatic hydroxyl groups excluding tert-OH is 1. The topological polar surface area (TPSA) is 49.5 Å². The summed E-state index contributed by atoms with van der Waals surface area (Å²) in [7, 11) is 0. The van der Waals surface area contributed by atoms with Gasteiger partial charge < -0.3 is 10.8 Å². The molecule has 1 saturated carbocycles. The standard InChI is InChI=1S/C14H28N2O/c1-12-2-6-14(11-15,7-3-12)16-8-4-13(10-17)5-9-16/h12-13,17H,2-11,15H2,1H3. The molecule has 100 valence electrons. The monoisotopic (exact) mass is 240 g/mol. The molecule has 1 aliphatic heterocycles. The van der Waals surface area contributed by atoms with Crippen LogP contribution in [0.2, 0.25) is 0 Å². The summed E-state index contributed by atoms with van der Waals surface area (Å²) in [5, 5.41) is 9.20. The zero-order chi connectivity index (χ0) is 12.3. The van der Waals surface area contributed by atoms with Gasteiger partial charge in [0.2, 0.25) is 0 Å². The number of aliphatic hydroxyl groups is 1. The average molecular weight is 240 g/mol. The molecule has 0 aromatic carbocycles. The van der Waals surface area contributed by atoms with E-state index in [9.17, 15) is 5.11 Å². The second-order valence-corrected chi connectivity index (χ2v) is 6.22. The maximum absolute atomic E-state index is 9.20. The van der Waals surface area contributed by atoms with Crippen LogP contribution in [0.5, 0.6) is 0 Å². The lowest BCUT2D eigenvalue weighted by atomic mass is 9.75. The molecule has 2 aliphatic rings. The lowest BCUT2D eigenvalue weighted by Gasteiger charge is -2.49. The number of hydrogen-bond donors (Lipinski definition) is 2. The molecule has 0 radical (unpaired) electrons. The first-order chi connectivity index (χ1) is 8.20. The van der Waals surface area contributed by atoms with E-state index in [-0.39, 0.29) is 5.54 Å². The largest absolute Gasteiger partial charge is 0.396 e. The van der Waals surface area contributed by atoms with Crippen molar-refractivity contribution in [3.8, 4) is 0 Å². The molecule has 0 aromatic rings. The minimum atomic E-state index is 0.285. The van der Waals surface area contributed by atoms with Crippen LogP contribution >= 0.6 is 0 Å². The summed E-state index contributed by atoms with van der Waals surface area (Å²) in [5.41, 5.74) is 6.38. The molecule has 0 bridgehead atoms. The maximum Gasteiger partial charge on any atom is 0.0460 e. The normalized spacial score (nSPS) is 37.2. The first-order valence-corrected chi connectivity index (χ1v) is 7.26. The quantitative estimate of drug-likeness (QED) is 0.788. The van der Waals surface area contributed by atoms with Gasteiger partial charge in [-0.15, -0.1) is 0 Å². The number of rotatable bonds is 3. The van der Waals surface area contributed by atoms with Crippen molar-refractivity contribution in [1.82, 2.24) is 4.90 Å². The molecule has 0 atom stereocenters. The van der Waals surface area contributed by atoms with Gasteiger partial charge in [-0.2, -0.15) is 0 Å². The molecule has 0 aromatic heterocycles. The average Bonchev–Trinajstić information content (AvgIpc) is 2.40. The first kappa shape index (κ1) is 13.3. The number of nitrogens with two attached hydrogens (primary N) is 1. The zero-order valence-corrected chi connectivity index (χ0v) is 11.2. The molecule has 3 heteroatoms. The van der Waals surface area contributed by atoms with Gasteiger partial charge in [-0.05, 0) is 63.5 Å². The van der Waals surface area contributed by atoms with Crippen LogP contribution in [0, 0.1) is 11.8 Å². The van der Waals surface area contributed by atoms with Gasteiger partial charge in [0.15, 0.2) is 0 Å². The van der Waals surface area contributed by atoms with Crippen molar-refractivity contribution >= 4 is 0 Å². The van der Waals surface area contributed by atoms with Crippen LogP contribution in [0.4, 0.5) is 0 Å². The van der Waals surface area contributed by atoms with Crippen molar-refractivity contribution in [3.63, 3.8) is 0 Å². The Labute approximate surface area is 105 Å². The summed E-state index contributed by atoms with van der Waals surface area (Å²) in [6.45, 7) is 5.80. The lowest BCUT2D eigenvalue weighted by molar-refractivity contribution is 0.00957. The fourth-order valence-electron chi connectivity index (χ4n) is 3.54. The number of likely N-dealkylation sites (tertiary alicyclic amines) is 1. The van der Waals surface area contributed by atoms with E-state index < -0.39 is 0 Å². The molecule has 3 N–H and O–H groups in total. The van der Waals surface area contributed by atoms with Crippen molar-refractivity contribution < 1.29 is 5.11 Å². The molecule has 0 spiro atoms. The van der Waals surface area contributed by atoms with Crippen molar-refractivity contribution in [1.29, 1.82) is 0 Å². The highest BCUT2D eigenvalue weighted by Gasteiger charge is 2.39. The molecule has 2 fully saturated rings. The molecule has 0 amide bonds. The predicted octanol–water partition coefficient (Wildman–Crippen LogP) is 1.60. The summed E-state index contributed by atoms with van der Waals surface area (Å²) in [4.78, 5) is 2.63. The molecular weight excluding hydrogens is 212 g/mol. The number of nitrogens with zero attached hydrogens (tertiary/aromatic N) is 1. The highest BCUT2D eigenvalue weighted by atomic mass is 16.3. The van der Waals surface area contributed by atoms with Crippen LogP contribution < -0.4 is 5.73 Å². The minimum absolute atomic E-state index is 0.285. The van der Waals surface area contributed by atoms with Crippen molar-refractivity contribution in [3.05, 3.63) is 0 Å². The summed E-state index contributed by atoms with van der Waals surface area (Å²) in [6.07, 6.45) is 7.50. The van der Waals surface area contributed by atoms with Crippen LogP contribution in [0.3, 0.4) is 0 Å². The summed E-state index contributed by atoms with van der Waals surface area (Å²) < 4.78 is 0. The van der Waals surface area contributed by atoms with Crippen LogP contribution in [-0.4, -0.2) is 41.8 Å². The van der Waals surface area contributed by atoms with E-state index in [0.29, 0.717) is 12.5 Å². The summed E-state index contributed by atoms with van der Waals surface area (Å²) >= 11 is 0. The number of hydrogen-bond acceptors (Lipinski definition) is 3. The maximum atomic E-state index is 9.20. The summed E-state index contributed by atoms with van der Waals surface area (Å²) in [6, 6.07) is 0. The van der Waals surface area contributed by atoms with Gasteiger partial charge in [-0.3, -0.25) is 4.90 Å². The number of piperidine rings is 1. The SMILES string of the molecule is CC1CCC(CN)(N2CCC(CO)CC2)CC1. The molecule has 1 heterocycles. The molecule has 3 nitrogen and oxygen atoms in total. The molecule has 0 unspecified atom stereocenters. The zero-order valence-electron chi connectivity index (χ0n) is 11.2. The molecule has 17 heavy (non-hydrogen) atoms. The van der Waals surface area contributed by atoms with E-state index in [4.69, 9.17) is 5.73 Å². The predicted molar refractivity (Wildman–Crippen MR) is 70.8 cm³/mol. The fourth-order valence-corrected chi connectivity index (χ4v) is 3.54. The van der Waals surface area contributed by atoms with Crippen molar-refractivity contribution in [2.45, 2.75) is 51.0 Å². The Kier molecular flexibility index (Phi) is 4.45. The Bertz CT molecular complexity index is 228. The third-order valence-corrected chi connectivity index (χ3v) is 5.13. The lowest BCUT2D eigenvalue weighted by Crippen LogP contribution is -2.57. The van der Waals surface area contributed by atoms with Gasteiger partial charge in [-0.1, -0.05) is 6.92 Å². The van der Waals surface area contributed by atoms with Gasteiger partial charge in [0.25, 0.3) is 0 Å². The van der Waals surface area contributed by atoms with Gasteiger partial charge in [-0.25, -0.2) is 0 Å². The molecule has 1 aliphatic carbocycles. The van der Waals surface area contributed by atoms with Gasteiger partial charge in [0.1, 0.15) is 0 Å². The Morgan fingerprint density at radius 1 is 1.18 bits per heavy atom. The second-order valence-electron chi connectivity index (χ2n) is 6.22. The summed E-state index contributed by atoms with van der Waals surface area (Å²) in [5.74, 6) is 1.41. The van der Waals surface area contributed by atoms with Crippen molar-refractivity contribution in [2.75, 3.05) is 26.2 Å². The van der Waals surface area contributed by atoms with Gasteiger partial charge in [0.05, 0.1) is 0 Å². The van der Waals surface area contributed by atoms with Crippen LogP contribution in [-0.2, 0) is 0 Å². The van der Waals surface area contributed by atoms with Gasteiger partial charge >= 0.3 is 0 Å². The Hall–Kier alpha value is -0.120. The second kappa shape index (κ2) is 5.68. The molecule has 1 saturated heterocycles. The third kappa shape index (κ3) is 2.83. The van der Waals surface area contributed by atoms with E-state index in [2.05, 4.69) is 11.8 Å². The first-order valence-electron chi connectivity index (χ1n) is 7.26. The van der Waals surface area contributed by atoms with E-state index in [1.54, 1.807) is 0 Å². The minimum Gasteiger partial charge on any atom is -0.396 e. The van der Waals surface area contributed by atoms with Crippen LogP contribution in [0.1, 0.15) is 45.4 Å². The van der Waals surface area contributed by atoms with E-state index in [1.165, 1.54) is 25.7 Å². The van der Waals surface area contributed by atoms with Crippen LogP contribution in [0.25, 0.3) is 0 Å². The highest BCUT2D eigenvalue weighted by molar-refractivity contribution is 4.96. The van der Waals surface area contributed by atoms with Crippen LogP contribution in [0.15, 0.2) is 0 Å². The fraction of sp³-hybridized carbons (Fsp3) is 1.00. The third-order valence-electron chi connectivity index (χ3n) is 5.13. The Morgan fingerprint density at radius 2 is 1.76 bits per heavy atom. The van der Waals surface area contributed by atoms with E-state index in [0.717, 1.165) is 38.4 Å². The molecule has 2 rings (SSSR count). The molecular formula is C14H28N2O. The highest BCUT2D eigenvalue weighted by Crippen LogP contribution is 2.37. The Morgan fingerprint density at radius 3 is 2.24 bits per heavy atom. The van der Waals surface area contributed by atoms with E-state index >= 15 is 0 Å². The smallest absolute Gasteiger partial charge is 0.0460 e. The van der Waals surface area contributed by atoms with E-state index in [1.807, 2.05) is 0 Å². The Balaban J connectivity index is 1.94. The van der Waals surface area contributed by atoms with Gasteiger partial charge in [0, 0.05) is 18.7 Å². The van der Waals surface area contributed by atoms with Crippen molar-refractivity contribution in [2.24, 2.45) is 17.6 Å².